The Bertz CT molecular complexity index is 496. The van der Waals surface area contributed by atoms with Gasteiger partial charge in [-0.05, 0) is 30.2 Å². The molecule has 0 saturated carbocycles. The van der Waals surface area contributed by atoms with Crippen molar-refractivity contribution < 1.29 is 0 Å². The normalized spacial score (nSPS) is 12.3. The van der Waals surface area contributed by atoms with Crippen molar-refractivity contribution in [1.82, 2.24) is 5.32 Å². The molecule has 0 aliphatic heterocycles. The molecule has 0 radical (unpaired) electrons. The standard InChI is InChI=1S/C17H20BrN/c1-2-19-13-16(14-8-4-3-5-9-14)12-15-10-6-7-11-17(15)18/h3-11,16,19H,2,12-13H2,1H3. The van der Waals surface area contributed by atoms with Crippen LogP contribution in [0.3, 0.4) is 0 Å². The van der Waals surface area contributed by atoms with Crippen LogP contribution in [0.15, 0.2) is 59.1 Å². The first kappa shape index (κ1) is 14.3. The van der Waals surface area contributed by atoms with E-state index in [-0.39, 0.29) is 0 Å². The van der Waals surface area contributed by atoms with E-state index in [2.05, 4.69) is 82.8 Å². The predicted molar refractivity (Wildman–Crippen MR) is 85.6 cm³/mol. The second kappa shape index (κ2) is 7.46. The van der Waals surface area contributed by atoms with Gasteiger partial charge in [0.15, 0.2) is 0 Å². The monoisotopic (exact) mass is 317 g/mol. The molecule has 1 N–H and O–H groups in total. The number of nitrogens with one attached hydrogen (secondary N) is 1. The van der Waals surface area contributed by atoms with Gasteiger partial charge in [0.2, 0.25) is 0 Å². The SMILES string of the molecule is CCNCC(Cc1ccccc1Br)c1ccccc1. The van der Waals surface area contributed by atoms with Crippen LogP contribution in [0.4, 0.5) is 0 Å². The molecular formula is C17H20BrN. The van der Waals surface area contributed by atoms with E-state index < -0.39 is 0 Å². The molecule has 0 aromatic heterocycles. The maximum Gasteiger partial charge on any atom is 0.0207 e. The van der Waals surface area contributed by atoms with Gasteiger partial charge in [-0.25, -0.2) is 0 Å². The molecular weight excluding hydrogens is 298 g/mol. The lowest BCUT2D eigenvalue weighted by Gasteiger charge is -2.18. The van der Waals surface area contributed by atoms with E-state index in [4.69, 9.17) is 0 Å². The highest BCUT2D eigenvalue weighted by atomic mass is 79.9. The molecule has 2 aromatic rings. The molecule has 1 unspecified atom stereocenters. The number of likely N-dealkylation sites (N-methyl/N-ethyl adjacent to an activating group) is 1. The predicted octanol–water partition coefficient (Wildman–Crippen LogP) is 4.38. The quantitative estimate of drug-likeness (QED) is 0.833. The second-order valence-electron chi connectivity index (χ2n) is 4.71. The third-order valence-corrected chi connectivity index (χ3v) is 4.11. The largest absolute Gasteiger partial charge is 0.316 e. The minimum atomic E-state index is 0.514. The minimum absolute atomic E-state index is 0.514. The molecule has 1 atom stereocenters. The number of benzene rings is 2. The Kier molecular flexibility index (Phi) is 5.62. The van der Waals surface area contributed by atoms with Crippen molar-refractivity contribution in [3.63, 3.8) is 0 Å². The summed E-state index contributed by atoms with van der Waals surface area (Å²) in [4.78, 5) is 0. The Hall–Kier alpha value is -1.12. The van der Waals surface area contributed by atoms with Crippen molar-refractivity contribution in [3.8, 4) is 0 Å². The highest BCUT2D eigenvalue weighted by Crippen LogP contribution is 2.25. The van der Waals surface area contributed by atoms with E-state index >= 15 is 0 Å². The summed E-state index contributed by atoms with van der Waals surface area (Å²) in [5.41, 5.74) is 2.77. The third kappa shape index (κ3) is 4.19. The van der Waals surface area contributed by atoms with Gasteiger partial charge in [0, 0.05) is 16.9 Å². The van der Waals surface area contributed by atoms with E-state index in [0.717, 1.165) is 19.5 Å². The summed E-state index contributed by atoms with van der Waals surface area (Å²) < 4.78 is 1.20. The van der Waals surface area contributed by atoms with Gasteiger partial charge in [-0.3, -0.25) is 0 Å². The lowest BCUT2D eigenvalue weighted by Crippen LogP contribution is -2.22. The number of hydrogen-bond donors (Lipinski definition) is 1. The highest BCUT2D eigenvalue weighted by molar-refractivity contribution is 9.10. The summed E-state index contributed by atoms with van der Waals surface area (Å²) in [7, 11) is 0. The first-order valence-corrected chi connectivity index (χ1v) is 7.59. The van der Waals surface area contributed by atoms with Crippen molar-refractivity contribution in [2.45, 2.75) is 19.3 Å². The van der Waals surface area contributed by atoms with Gasteiger partial charge in [-0.2, -0.15) is 0 Å². The fourth-order valence-corrected chi connectivity index (χ4v) is 2.73. The first-order valence-electron chi connectivity index (χ1n) is 6.80. The zero-order chi connectivity index (χ0) is 13.5. The van der Waals surface area contributed by atoms with Crippen LogP contribution in [0.25, 0.3) is 0 Å². The van der Waals surface area contributed by atoms with Crippen LogP contribution in [-0.4, -0.2) is 13.1 Å². The van der Waals surface area contributed by atoms with E-state index in [1.165, 1.54) is 15.6 Å². The summed E-state index contributed by atoms with van der Waals surface area (Å²) in [6, 6.07) is 19.2. The average Bonchev–Trinajstić information content (AvgIpc) is 2.46. The Balaban J connectivity index is 2.17. The Morgan fingerprint density at radius 2 is 1.68 bits per heavy atom. The Morgan fingerprint density at radius 1 is 1.00 bits per heavy atom. The van der Waals surface area contributed by atoms with E-state index in [0.29, 0.717) is 5.92 Å². The second-order valence-corrected chi connectivity index (χ2v) is 5.57. The molecule has 0 fully saturated rings. The third-order valence-electron chi connectivity index (χ3n) is 3.34. The summed E-state index contributed by atoms with van der Waals surface area (Å²) in [6.45, 7) is 4.18. The maximum absolute atomic E-state index is 3.65. The molecule has 0 amide bonds. The molecule has 0 aliphatic carbocycles. The van der Waals surface area contributed by atoms with Crippen LogP contribution in [0.5, 0.6) is 0 Å². The number of hydrogen-bond acceptors (Lipinski definition) is 1. The highest BCUT2D eigenvalue weighted by Gasteiger charge is 2.13. The summed E-state index contributed by atoms with van der Waals surface area (Å²) in [5, 5.41) is 3.47. The number of rotatable bonds is 6. The van der Waals surface area contributed by atoms with Crippen LogP contribution in [-0.2, 0) is 6.42 Å². The fourth-order valence-electron chi connectivity index (χ4n) is 2.28. The summed E-state index contributed by atoms with van der Waals surface area (Å²) in [5.74, 6) is 0.514. The van der Waals surface area contributed by atoms with Gasteiger partial charge in [0.05, 0.1) is 0 Å². The molecule has 0 spiro atoms. The van der Waals surface area contributed by atoms with Crippen LogP contribution in [0, 0.1) is 0 Å². The van der Waals surface area contributed by atoms with Gasteiger partial charge in [-0.1, -0.05) is 71.4 Å². The Morgan fingerprint density at radius 3 is 2.37 bits per heavy atom. The lowest BCUT2D eigenvalue weighted by molar-refractivity contribution is 0.594. The molecule has 0 saturated heterocycles. The Labute approximate surface area is 124 Å². The summed E-state index contributed by atoms with van der Waals surface area (Å²) >= 11 is 3.65. The topological polar surface area (TPSA) is 12.0 Å². The zero-order valence-corrected chi connectivity index (χ0v) is 12.9. The van der Waals surface area contributed by atoms with Crippen LogP contribution < -0.4 is 5.32 Å². The smallest absolute Gasteiger partial charge is 0.0207 e. The van der Waals surface area contributed by atoms with Crippen LogP contribution in [0.1, 0.15) is 24.0 Å². The van der Waals surface area contributed by atoms with Gasteiger partial charge in [0.25, 0.3) is 0 Å². The van der Waals surface area contributed by atoms with Crippen LogP contribution >= 0.6 is 15.9 Å². The van der Waals surface area contributed by atoms with Crippen molar-refractivity contribution in [1.29, 1.82) is 0 Å². The van der Waals surface area contributed by atoms with Crippen molar-refractivity contribution in [2.24, 2.45) is 0 Å². The minimum Gasteiger partial charge on any atom is -0.316 e. The molecule has 1 nitrogen and oxygen atoms in total. The number of halogens is 1. The van der Waals surface area contributed by atoms with Gasteiger partial charge in [-0.15, -0.1) is 0 Å². The van der Waals surface area contributed by atoms with Crippen molar-refractivity contribution in [3.05, 3.63) is 70.2 Å². The molecule has 0 heterocycles. The van der Waals surface area contributed by atoms with Gasteiger partial charge in [0.1, 0.15) is 0 Å². The van der Waals surface area contributed by atoms with Gasteiger partial charge < -0.3 is 5.32 Å². The zero-order valence-electron chi connectivity index (χ0n) is 11.3. The molecule has 2 rings (SSSR count). The van der Waals surface area contributed by atoms with E-state index in [9.17, 15) is 0 Å². The lowest BCUT2D eigenvalue weighted by atomic mass is 9.92. The fraction of sp³-hybridized carbons (Fsp3) is 0.294. The van der Waals surface area contributed by atoms with Gasteiger partial charge >= 0.3 is 0 Å². The molecule has 0 aliphatic rings. The van der Waals surface area contributed by atoms with E-state index in [1.807, 2.05) is 0 Å². The molecule has 0 bridgehead atoms. The summed E-state index contributed by atoms with van der Waals surface area (Å²) in [6.07, 6.45) is 1.05. The van der Waals surface area contributed by atoms with Crippen LogP contribution in [0.2, 0.25) is 0 Å². The average molecular weight is 318 g/mol. The first-order chi connectivity index (χ1) is 9.31. The maximum atomic E-state index is 3.65. The van der Waals surface area contributed by atoms with E-state index in [1.54, 1.807) is 0 Å². The molecule has 19 heavy (non-hydrogen) atoms. The molecule has 2 aromatic carbocycles. The van der Waals surface area contributed by atoms with Crippen molar-refractivity contribution in [2.75, 3.05) is 13.1 Å². The van der Waals surface area contributed by atoms with Crippen molar-refractivity contribution >= 4 is 15.9 Å². The molecule has 100 valence electrons. The molecule has 2 heteroatoms.